The van der Waals surface area contributed by atoms with Crippen molar-refractivity contribution < 1.29 is 14.3 Å². The van der Waals surface area contributed by atoms with Crippen molar-refractivity contribution in [2.75, 3.05) is 17.2 Å². The van der Waals surface area contributed by atoms with E-state index in [1.165, 1.54) is 0 Å². The quantitative estimate of drug-likeness (QED) is 0.396. The number of carbonyl (C=O) groups is 2. The number of hydrogen-bond acceptors (Lipinski definition) is 3. The zero-order valence-electron chi connectivity index (χ0n) is 17.6. The molecule has 0 radical (unpaired) electrons. The SMILES string of the molecule is O=C(CCc1ccccc1)Nc1cccc(NC(=O)COc2ccc3ccccc3c2)c1. The predicted molar refractivity (Wildman–Crippen MR) is 128 cm³/mol. The first-order valence-corrected chi connectivity index (χ1v) is 10.5. The van der Waals surface area contributed by atoms with Gasteiger partial charge >= 0.3 is 0 Å². The molecule has 0 spiro atoms. The van der Waals surface area contributed by atoms with Crippen LogP contribution in [0.4, 0.5) is 11.4 Å². The van der Waals surface area contributed by atoms with Crippen LogP contribution in [0.25, 0.3) is 10.8 Å². The van der Waals surface area contributed by atoms with E-state index in [0.29, 0.717) is 30.0 Å². The molecule has 0 aliphatic carbocycles. The Morgan fingerprint density at radius 2 is 1.34 bits per heavy atom. The summed E-state index contributed by atoms with van der Waals surface area (Å²) in [6.07, 6.45) is 1.06. The van der Waals surface area contributed by atoms with E-state index in [1.54, 1.807) is 24.3 Å². The second-order valence-corrected chi connectivity index (χ2v) is 7.46. The highest BCUT2D eigenvalue weighted by molar-refractivity contribution is 5.94. The summed E-state index contributed by atoms with van der Waals surface area (Å²) in [5.74, 6) is 0.293. The fourth-order valence-corrected chi connectivity index (χ4v) is 3.40. The number of ether oxygens (including phenoxy) is 1. The maximum absolute atomic E-state index is 12.3. The lowest BCUT2D eigenvalue weighted by Gasteiger charge is -2.10. The number of aryl methyl sites for hydroxylation is 1. The van der Waals surface area contributed by atoms with Crippen LogP contribution >= 0.6 is 0 Å². The summed E-state index contributed by atoms with van der Waals surface area (Å²) < 4.78 is 5.64. The standard InChI is InChI=1S/C27H24N2O3/c30-26(16-13-20-7-2-1-3-8-20)28-23-11-6-12-24(18-23)29-27(31)19-32-25-15-14-21-9-4-5-10-22(21)17-25/h1-12,14-15,17-18H,13,16,19H2,(H,28,30)(H,29,31). The maximum atomic E-state index is 12.3. The minimum atomic E-state index is -0.272. The van der Waals surface area contributed by atoms with Gasteiger partial charge in [0.25, 0.3) is 5.91 Å². The molecule has 0 fully saturated rings. The van der Waals surface area contributed by atoms with Crippen LogP contribution < -0.4 is 15.4 Å². The van der Waals surface area contributed by atoms with Gasteiger partial charge in [0.1, 0.15) is 5.75 Å². The van der Waals surface area contributed by atoms with Crippen LogP contribution in [0.1, 0.15) is 12.0 Å². The molecule has 0 atom stereocenters. The Bertz CT molecular complexity index is 1220. The molecule has 0 aliphatic rings. The largest absolute Gasteiger partial charge is 0.484 e. The van der Waals surface area contributed by atoms with E-state index in [2.05, 4.69) is 10.6 Å². The van der Waals surface area contributed by atoms with Gasteiger partial charge in [-0.3, -0.25) is 9.59 Å². The molecule has 0 saturated carbocycles. The molecular formula is C27H24N2O3. The number of nitrogens with one attached hydrogen (secondary N) is 2. The van der Waals surface area contributed by atoms with Crippen molar-refractivity contribution in [2.24, 2.45) is 0 Å². The molecule has 0 heterocycles. The number of anilines is 2. The second-order valence-electron chi connectivity index (χ2n) is 7.46. The van der Waals surface area contributed by atoms with Gasteiger partial charge in [-0.2, -0.15) is 0 Å². The number of hydrogen-bond donors (Lipinski definition) is 2. The van der Waals surface area contributed by atoms with Gasteiger partial charge in [-0.05, 0) is 53.1 Å². The van der Waals surface area contributed by atoms with Crippen molar-refractivity contribution in [3.05, 3.63) is 103 Å². The average Bonchev–Trinajstić information content (AvgIpc) is 2.82. The van der Waals surface area contributed by atoms with Gasteiger partial charge in [0.2, 0.25) is 5.91 Å². The summed E-state index contributed by atoms with van der Waals surface area (Å²) in [6, 6.07) is 30.7. The summed E-state index contributed by atoms with van der Waals surface area (Å²) in [5.41, 5.74) is 2.35. The highest BCUT2D eigenvalue weighted by Gasteiger charge is 2.07. The summed E-state index contributed by atoms with van der Waals surface area (Å²) in [4.78, 5) is 24.6. The molecule has 4 aromatic rings. The molecule has 5 heteroatoms. The normalized spacial score (nSPS) is 10.5. The molecule has 0 saturated heterocycles. The third-order valence-electron chi connectivity index (χ3n) is 5.00. The van der Waals surface area contributed by atoms with E-state index in [0.717, 1.165) is 16.3 Å². The molecule has 0 bridgehead atoms. The molecule has 0 aromatic heterocycles. The Balaban J connectivity index is 1.27. The van der Waals surface area contributed by atoms with Crippen molar-refractivity contribution in [3.63, 3.8) is 0 Å². The van der Waals surface area contributed by atoms with E-state index in [9.17, 15) is 9.59 Å². The third kappa shape index (κ3) is 5.95. The van der Waals surface area contributed by atoms with Crippen LogP contribution in [0.15, 0.2) is 97.1 Å². The molecule has 4 aromatic carbocycles. The molecule has 0 aliphatic heterocycles. The van der Waals surface area contributed by atoms with Gasteiger partial charge in [0.05, 0.1) is 0 Å². The fourth-order valence-electron chi connectivity index (χ4n) is 3.40. The monoisotopic (exact) mass is 424 g/mol. The van der Waals surface area contributed by atoms with Crippen LogP contribution in [0.2, 0.25) is 0 Å². The number of amides is 2. The molecule has 2 amide bonds. The number of benzene rings is 4. The highest BCUT2D eigenvalue weighted by atomic mass is 16.5. The third-order valence-corrected chi connectivity index (χ3v) is 5.00. The van der Waals surface area contributed by atoms with E-state index in [-0.39, 0.29) is 18.4 Å². The first-order valence-electron chi connectivity index (χ1n) is 10.5. The van der Waals surface area contributed by atoms with Gasteiger partial charge < -0.3 is 15.4 Å². The lowest BCUT2D eigenvalue weighted by atomic mass is 10.1. The first kappa shape index (κ1) is 21.1. The van der Waals surface area contributed by atoms with Crippen molar-refractivity contribution in [1.29, 1.82) is 0 Å². The summed E-state index contributed by atoms with van der Waals surface area (Å²) in [5, 5.41) is 7.86. The molecule has 2 N–H and O–H groups in total. The Morgan fingerprint density at radius 1 is 0.656 bits per heavy atom. The van der Waals surface area contributed by atoms with Crippen LogP contribution in [0.5, 0.6) is 5.75 Å². The lowest BCUT2D eigenvalue weighted by Crippen LogP contribution is -2.20. The van der Waals surface area contributed by atoms with Crippen molar-refractivity contribution in [2.45, 2.75) is 12.8 Å². The van der Waals surface area contributed by atoms with Gasteiger partial charge in [-0.1, -0.05) is 66.7 Å². The molecule has 0 unspecified atom stereocenters. The van der Waals surface area contributed by atoms with Crippen molar-refractivity contribution >= 4 is 34.0 Å². The number of rotatable bonds is 8. The minimum Gasteiger partial charge on any atom is -0.484 e. The van der Waals surface area contributed by atoms with Crippen molar-refractivity contribution in [3.8, 4) is 5.75 Å². The zero-order chi connectivity index (χ0) is 22.2. The Hall–Kier alpha value is -4.12. The highest BCUT2D eigenvalue weighted by Crippen LogP contribution is 2.21. The molecule has 4 rings (SSSR count). The Labute approximate surface area is 187 Å². The van der Waals surface area contributed by atoms with Gasteiger partial charge in [0.15, 0.2) is 6.61 Å². The lowest BCUT2D eigenvalue weighted by molar-refractivity contribution is -0.118. The first-order chi connectivity index (χ1) is 15.7. The van der Waals surface area contributed by atoms with Gasteiger partial charge in [-0.15, -0.1) is 0 Å². The molecule has 160 valence electrons. The average molecular weight is 425 g/mol. The Morgan fingerprint density at radius 3 is 2.12 bits per heavy atom. The van der Waals surface area contributed by atoms with Crippen LogP contribution in [-0.2, 0) is 16.0 Å². The maximum Gasteiger partial charge on any atom is 0.262 e. The number of fused-ring (bicyclic) bond motifs is 1. The van der Waals surface area contributed by atoms with E-state index in [1.807, 2.05) is 72.8 Å². The molecule has 5 nitrogen and oxygen atoms in total. The van der Waals surface area contributed by atoms with Gasteiger partial charge in [0, 0.05) is 17.8 Å². The van der Waals surface area contributed by atoms with E-state index >= 15 is 0 Å². The fraction of sp³-hybridized carbons (Fsp3) is 0.111. The predicted octanol–water partition coefficient (Wildman–Crippen LogP) is 5.43. The van der Waals surface area contributed by atoms with Gasteiger partial charge in [-0.25, -0.2) is 0 Å². The van der Waals surface area contributed by atoms with E-state index < -0.39 is 0 Å². The van der Waals surface area contributed by atoms with Crippen LogP contribution in [0.3, 0.4) is 0 Å². The number of carbonyl (C=O) groups excluding carboxylic acids is 2. The smallest absolute Gasteiger partial charge is 0.262 e. The second kappa shape index (κ2) is 10.3. The summed E-state index contributed by atoms with van der Waals surface area (Å²) >= 11 is 0. The van der Waals surface area contributed by atoms with E-state index in [4.69, 9.17) is 4.74 Å². The van der Waals surface area contributed by atoms with Crippen LogP contribution in [0, 0.1) is 0 Å². The zero-order valence-corrected chi connectivity index (χ0v) is 17.6. The summed E-state index contributed by atoms with van der Waals surface area (Å²) in [7, 11) is 0. The van der Waals surface area contributed by atoms with Crippen molar-refractivity contribution in [1.82, 2.24) is 0 Å². The Kier molecular flexibility index (Phi) is 6.78. The minimum absolute atomic E-state index is 0.0723. The summed E-state index contributed by atoms with van der Waals surface area (Å²) in [6.45, 7) is -0.105. The molecular weight excluding hydrogens is 400 g/mol. The van der Waals surface area contributed by atoms with Crippen LogP contribution in [-0.4, -0.2) is 18.4 Å². The topological polar surface area (TPSA) is 67.4 Å². The molecule has 32 heavy (non-hydrogen) atoms.